The van der Waals surface area contributed by atoms with Gasteiger partial charge in [0.1, 0.15) is 5.82 Å². The summed E-state index contributed by atoms with van der Waals surface area (Å²) in [4.78, 5) is 6.57. The number of rotatable bonds is 1. The number of aromatic nitrogens is 4. The Balaban J connectivity index is 1.80. The van der Waals surface area contributed by atoms with Gasteiger partial charge in [-0.2, -0.15) is 0 Å². The summed E-state index contributed by atoms with van der Waals surface area (Å²) in [5, 5.41) is 7.81. The van der Waals surface area contributed by atoms with Gasteiger partial charge in [-0.1, -0.05) is 0 Å². The Hall–Kier alpha value is -2.57. The van der Waals surface area contributed by atoms with Crippen molar-refractivity contribution in [3.8, 4) is 0 Å². The van der Waals surface area contributed by atoms with Crippen LogP contribution < -0.4 is 10.6 Å². The van der Waals surface area contributed by atoms with Gasteiger partial charge in [-0.05, 0) is 22.4 Å². The minimum Gasteiger partial charge on any atom is -0.397 e. The molecule has 1 aliphatic rings. The van der Waals surface area contributed by atoms with Crippen LogP contribution in [0.5, 0.6) is 0 Å². The van der Waals surface area contributed by atoms with E-state index in [1.807, 2.05) is 24.5 Å². The van der Waals surface area contributed by atoms with Gasteiger partial charge < -0.3 is 15.2 Å². The van der Waals surface area contributed by atoms with Crippen molar-refractivity contribution in [2.75, 3.05) is 17.2 Å². The molecule has 1 aromatic carbocycles. The van der Waals surface area contributed by atoms with Crippen molar-refractivity contribution in [1.82, 2.24) is 19.9 Å². The number of benzene rings is 1. The summed E-state index contributed by atoms with van der Waals surface area (Å²) >= 11 is 0. The Morgan fingerprint density at radius 1 is 1.16 bits per heavy atom. The van der Waals surface area contributed by atoms with E-state index in [1.54, 1.807) is 0 Å². The molecule has 0 atom stereocenters. The van der Waals surface area contributed by atoms with Crippen molar-refractivity contribution in [3.63, 3.8) is 0 Å². The molecular weight excluding hydrogens is 244 g/mol. The van der Waals surface area contributed by atoms with Gasteiger partial charge in [-0.25, -0.2) is 9.61 Å². The third-order valence-corrected chi connectivity index (χ3v) is 3.51. The van der Waals surface area contributed by atoms with Gasteiger partial charge in [-0.15, -0.1) is 0 Å². The maximum atomic E-state index is 5.86. The second-order valence-electron chi connectivity index (χ2n) is 4.59. The van der Waals surface area contributed by atoms with Crippen LogP contribution in [0.25, 0.3) is 11.0 Å². The molecule has 0 bridgehead atoms. The highest BCUT2D eigenvalue weighted by Crippen LogP contribution is 2.30. The van der Waals surface area contributed by atoms with Crippen LogP contribution in [-0.2, 0) is 13.1 Å². The third-order valence-electron chi connectivity index (χ3n) is 3.51. The van der Waals surface area contributed by atoms with Crippen LogP contribution in [0.15, 0.2) is 29.2 Å². The van der Waals surface area contributed by atoms with Gasteiger partial charge in [0.05, 0.1) is 17.9 Å². The third kappa shape index (κ3) is 1.48. The van der Waals surface area contributed by atoms with Gasteiger partial charge in [0, 0.05) is 25.5 Å². The van der Waals surface area contributed by atoms with E-state index in [2.05, 4.69) is 24.8 Å². The molecule has 96 valence electrons. The first-order chi connectivity index (χ1) is 9.33. The van der Waals surface area contributed by atoms with Gasteiger partial charge in [0.25, 0.3) is 0 Å². The summed E-state index contributed by atoms with van der Waals surface area (Å²) in [6, 6.07) is 3.80. The van der Waals surface area contributed by atoms with Crippen molar-refractivity contribution in [1.29, 1.82) is 0 Å². The zero-order valence-electron chi connectivity index (χ0n) is 10.2. The van der Waals surface area contributed by atoms with Gasteiger partial charge in [0.15, 0.2) is 11.0 Å². The molecule has 1 aliphatic heterocycles. The van der Waals surface area contributed by atoms with Crippen LogP contribution in [0, 0.1) is 0 Å². The number of hydrogen-bond donors (Lipinski definition) is 1. The fraction of sp³-hybridized carbons (Fsp3) is 0.250. The van der Waals surface area contributed by atoms with Crippen LogP contribution in [-0.4, -0.2) is 26.4 Å². The molecule has 7 heteroatoms. The molecule has 0 aliphatic carbocycles. The Bertz CT molecular complexity index is 746. The number of imidazole rings is 1. The smallest absolute Gasteiger partial charge is 0.160 e. The molecular formula is C12H12N6O. The maximum Gasteiger partial charge on any atom is 0.160 e. The van der Waals surface area contributed by atoms with Crippen LogP contribution in [0.3, 0.4) is 0 Å². The number of hydrogen-bond acceptors (Lipinski definition) is 6. The predicted octanol–water partition coefficient (Wildman–Crippen LogP) is 1.02. The maximum absolute atomic E-state index is 5.86. The molecule has 7 nitrogen and oxygen atoms in total. The lowest BCUT2D eigenvalue weighted by atomic mass is 10.2. The molecule has 2 N–H and O–H groups in total. The molecule has 0 unspecified atom stereocenters. The standard InChI is InChI=1S/C12H12N6O/c13-8-1-2-9(12-11(8)15-19-16-12)18-6-5-17-4-3-14-10(17)7-18/h1-4H,5-7,13H2. The average molecular weight is 256 g/mol. The highest BCUT2D eigenvalue weighted by molar-refractivity contribution is 5.95. The lowest BCUT2D eigenvalue weighted by molar-refractivity contribution is 0.315. The van der Waals surface area contributed by atoms with E-state index < -0.39 is 0 Å². The number of fused-ring (bicyclic) bond motifs is 2. The number of anilines is 2. The quantitative estimate of drug-likeness (QED) is 0.654. The van der Waals surface area contributed by atoms with Crippen LogP contribution in [0.4, 0.5) is 11.4 Å². The highest BCUT2D eigenvalue weighted by atomic mass is 16.6. The fourth-order valence-corrected chi connectivity index (χ4v) is 2.51. The minimum atomic E-state index is 0.582. The largest absolute Gasteiger partial charge is 0.397 e. The number of nitrogens with two attached hydrogens (primary N) is 1. The zero-order valence-corrected chi connectivity index (χ0v) is 10.2. The Morgan fingerprint density at radius 2 is 2.05 bits per heavy atom. The molecule has 19 heavy (non-hydrogen) atoms. The van der Waals surface area contributed by atoms with Crippen molar-refractivity contribution in [2.45, 2.75) is 13.1 Å². The van der Waals surface area contributed by atoms with E-state index in [4.69, 9.17) is 10.4 Å². The van der Waals surface area contributed by atoms with E-state index in [1.165, 1.54) is 0 Å². The minimum absolute atomic E-state index is 0.582. The van der Waals surface area contributed by atoms with E-state index >= 15 is 0 Å². The molecule has 2 aromatic heterocycles. The lowest BCUT2D eigenvalue weighted by Gasteiger charge is -2.29. The van der Waals surface area contributed by atoms with Crippen LogP contribution >= 0.6 is 0 Å². The summed E-state index contributed by atoms with van der Waals surface area (Å²) in [5.41, 5.74) is 8.75. The fourth-order valence-electron chi connectivity index (χ4n) is 2.51. The van der Waals surface area contributed by atoms with Crippen molar-refractivity contribution in [3.05, 3.63) is 30.4 Å². The predicted molar refractivity (Wildman–Crippen MR) is 69.5 cm³/mol. The number of nitrogens with zero attached hydrogens (tertiary/aromatic N) is 5. The molecule has 3 aromatic rings. The number of nitrogen functional groups attached to an aromatic ring is 1. The Kier molecular flexibility index (Phi) is 2.02. The van der Waals surface area contributed by atoms with Gasteiger partial charge in [0.2, 0.25) is 0 Å². The lowest BCUT2D eigenvalue weighted by Crippen LogP contribution is -2.33. The molecule has 0 saturated heterocycles. The van der Waals surface area contributed by atoms with Gasteiger partial charge in [-0.3, -0.25) is 0 Å². The second-order valence-corrected chi connectivity index (χ2v) is 4.59. The molecule has 3 heterocycles. The summed E-state index contributed by atoms with van der Waals surface area (Å²) in [7, 11) is 0. The monoisotopic (exact) mass is 256 g/mol. The molecule has 4 rings (SSSR count). The first-order valence-corrected chi connectivity index (χ1v) is 6.08. The zero-order chi connectivity index (χ0) is 12.8. The summed E-state index contributed by atoms with van der Waals surface area (Å²) in [6.07, 6.45) is 3.83. The summed E-state index contributed by atoms with van der Waals surface area (Å²) in [6.45, 7) is 2.56. The summed E-state index contributed by atoms with van der Waals surface area (Å²) in [5.74, 6) is 1.05. The van der Waals surface area contributed by atoms with E-state index in [-0.39, 0.29) is 0 Å². The van der Waals surface area contributed by atoms with Crippen LogP contribution in [0.2, 0.25) is 0 Å². The molecule has 0 fully saturated rings. The molecule has 0 saturated carbocycles. The molecule has 0 spiro atoms. The van der Waals surface area contributed by atoms with Crippen molar-refractivity contribution in [2.24, 2.45) is 0 Å². The summed E-state index contributed by atoms with van der Waals surface area (Å²) < 4.78 is 6.96. The van der Waals surface area contributed by atoms with E-state index in [0.717, 1.165) is 31.1 Å². The SMILES string of the molecule is Nc1ccc(N2CCn3ccnc3C2)c2nonc12. The second kappa shape index (κ2) is 3.71. The first-order valence-electron chi connectivity index (χ1n) is 6.08. The van der Waals surface area contributed by atoms with E-state index in [0.29, 0.717) is 16.7 Å². The topological polar surface area (TPSA) is 86.0 Å². The van der Waals surface area contributed by atoms with Gasteiger partial charge >= 0.3 is 0 Å². The first kappa shape index (κ1) is 10.4. The van der Waals surface area contributed by atoms with Crippen molar-refractivity contribution >= 4 is 22.4 Å². The van der Waals surface area contributed by atoms with E-state index in [9.17, 15) is 0 Å². The molecule has 0 radical (unpaired) electrons. The molecule has 0 amide bonds. The van der Waals surface area contributed by atoms with Crippen molar-refractivity contribution < 1.29 is 4.63 Å². The Morgan fingerprint density at radius 3 is 3.00 bits per heavy atom. The normalized spacial score (nSPS) is 14.8. The Labute approximate surface area is 108 Å². The highest BCUT2D eigenvalue weighted by Gasteiger charge is 2.21. The average Bonchev–Trinajstić information content (AvgIpc) is 3.07. The van der Waals surface area contributed by atoms with Crippen LogP contribution in [0.1, 0.15) is 5.82 Å².